The van der Waals surface area contributed by atoms with Crippen LogP contribution in [0.2, 0.25) is 0 Å². The molecule has 94 valence electrons. The highest BCUT2D eigenvalue weighted by Gasteiger charge is 2.19. The van der Waals surface area contributed by atoms with Gasteiger partial charge in [-0.3, -0.25) is 0 Å². The van der Waals surface area contributed by atoms with E-state index >= 15 is 0 Å². The molecule has 0 atom stereocenters. The molecule has 1 aromatic rings. The van der Waals surface area contributed by atoms with Crippen molar-refractivity contribution in [2.24, 2.45) is 0 Å². The SMILES string of the molecule is COc1cccc(CCl)c1OC1CCOCC1. The molecule has 1 saturated heterocycles. The smallest absolute Gasteiger partial charge is 0.165 e. The van der Waals surface area contributed by atoms with Gasteiger partial charge in [-0.05, 0) is 6.07 Å². The third-order valence-electron chi connectivity index (χ3n) is 2.88. The number of hydrogen-bond acceptors (Lipinski definition) is 3. The first-order chi connectivity index (χ1) is 8.35. The normalized spacial score (nSPS) is 16.8. The Balaban J connectivity index is 2.16. The number of methoxy groups -OCH3 is 1. The second-order valence-electron chi connectivity index (χ2n) is 4.01. The van der Waals surface area contributed by atoms with Crippen LogP contribution in [-0.2, 0) is 10.6 Å². The summed E-state index contributed by atoms with van der Waals surface area (Å²) < 4.78 is 16.6. The maximum atomic E-state index is 6.01. The van der Waals surface area contributed by atoms with Gasteiger partial charge in [-0.1, -0.05) is 12.1 Å². The van der Waals surface area contributed by atoms with E-state index in [9.17, 15) is 0 Å². The summed E-state index contributed by atoms with van der Waals surface area (Å²) in [5, 5.41) is 0. The van der Waals surface area contributed by atoms with Gasteiger partial charge in [0.2, 0.25) is 0 Å². The minimum Gasteiger partial charge on any atom is -0.493 e. The van der Waals surface area contributed by atoms with Gasteiger partial charge in [0.1, 0.15) is 6.10 Å². The van der Waals surface area contributed by atoms with Gasteiger partial charge < -0.3 is 14.2 Å². The Kier molecular flexibility index (Phi) is 4.51. The first-order valence-corrected chi connectivity index (χ1v) is 6.35. The molecule has 1 aromatic carbocycles. The maximum absolute atomic E-state index is 6.01. The van der Waals surface area contributed by atoms with Crippen LogP contribution < -0.4 is 9.47 Å². The number of halogens is 1. The van der Waals surface area contributed by atoms with E-state index in [0.717, 1.165) is 43.1 Å². The van der Waals surface area contributed by atoms with Crippen LogP contribution in [0.25, 0.3) is 0 Å². The van der Waals surface area contributed by atoms with Gasteiger partial charge in [-0.2, -0.15) is 0 Å². The summed E-state index contributed by atoms with van der Waals surface area (Å²) in [6.45, 7) is 1.52. The Morgan fingerprint density at radius 3 is 2.76 bits per heavy atom. The fraction of sp³-hybridized carbons (Fsp3) is 0.538. The summed E-state index contributed by atoms with van der Waals surface area (Å²) in [5.41, 5.74) is 0.970. The molecular weight excluding hydrogens is 240 g/mol. The van der Waals surface area contributed by atoms with Crippen molar-refractivity contribution in [1.82, 2.24) is 0 Å². The number of alkyl halides is 1. The Bertz CT molecular complexity index is 339. The van der Waals surface area contributed by atoms with E-state index in [1.807, 2.05) is 18.2 Å². The van der Waals surface area contributed by atoms with Gasteiger partial charge in [0.25, 0.3) is 0 Å². The molecule has 3 nitrogen and oxygen atoms in total. The summed E-state index contributed by atoms with van der Waals surface area (Å²) in [4.78, 5) is 0. The van der Waals surface area contributed by atoms with Crippen molar-refractivity contribution in [3.8, 4) is 11.5 Å². The first-order valence-electron chi connectivity index (χ1n) is 5.81. The summed E-state index contributed by atoms with van der Waals surface area (Å²) in [6.07, 6.45) is 2.03. The van der Waals surface area contributed by atoms with Crippen LogP contribution in [0.5, 0.6) is 11.5 Å². The van der Waals surface area contributed by atoms with Crippen LogP contribution in [-0.4, -0.2) is 26.4 Å². The molecule has 1 aliphatic heterocycles. The van der Waals surface area contributed by atoms with E-state index in [1.54, 1.807) is 7.11 Å². The van der Waals surface area contributed by atoms with E-state index in [0.29, 0.717) is 5.88 Å². The van der Waals surface area contributed by atoms with Crippen molar-refractivity contribution in [3.63, 3.8) is 0 Å². The van der Waals surface area contributed by atoms with Crippen LogP contribution >= 0.6 is 11.6 Å². The standard InChI is InChI=1S/C13H17ClO3/c1-15-12-4-2-3-10(9-14)13(12)17-11-5-7-16-8-6-11/h2-4,11H,5-9H2,1H3. The highest BCUT2D eigenvalue weighted by molar-refractivity contribution is 6.17. The van der Waals surface area contributed by atoms with Gasteiger partial charge in [0, 0.05) is 18.4 Å². The highest BCUT2D eigenvalue weighted by atomic mass is 35.5. The lowest BCUT2D eigenvalue weighted by molar-refractivity contribution is 0.0242. The second-order valence-corrected chi connectivity index (χ2v) is 4.28. The molecular formula is C13H17ClO3. The third-order valence-corrected chi connectivity index (χ3v) is 3.17. The zero-order chi connectivity index (χ0) is 12.1. The maximum Gasteiger partial charge on any atom is 0.165 e. The molecule has 2 rings (SSSR count). The van der Waals surface area contributed by atoms with Crippen LogP contribution in [0.3, 0.4) is 0 Å². The van der Waals surface area contributed by atoms with Gasteiger partial charge >= 0.3 is 0 Å². The minimum atomic E-state index is 0.196. The average molecular weight is 257 g/mol. The lowest BCUT2D eigenvalue weighted by Crippen LogP contribution is -2.26. The van der Waals surface area contributed by atoms with E-state index in [4.69, 9.17) is 25.8 Å². The Hall–Kier alpha value is -0.930. The van der Waals surface area contributed by atoms with Crippen LogP contribution in [0.4, 0.5) is 0 Å². The van der Waals surface area contributed by atoms with Crippen molar-refractivity contribution >= 4 is 11.6 Å². The Morgan fingerprint density at radius 2 is 2.12 bits per heavy atom. The average Bonchev–Trinajstić information content (AvgIpc) is 2.40. The molecule has 0 unspecified atom stereocenters. The van der Waals surface area contributed by atoms with E-state index in [1.165, 1.54) is 0 Å². The monoisotopic (exact) mass is 256 g/mol. The Morgan fingerprint density at radius 1 is 1.35 bits per heavy atom. The van der Waals surface area contributed by atoms with Crippen molar-refractivity contribution in [3.05, 3.63) is 23.8 Å². The number of rotatable bonds is 4. The number of ether oxygens (including phenoxy) is 3. The molecule has 17 heavy (non-hydrogen) atoms. The van der Waals surface area contributed by atoms with Crippen molar-refractivity contribution in [2.75, 3.05) is 20.3 Å². The lowest BCUT2D eigenvalue weighted by Gasteiger charge is -2.25. The summed E-state index contributed by atoms with van der Waals surface area (Å²) in [5.74, 6) is 1.95. The molecule has 1 aliphatic rings. The van der Waals surface area contributed by atoms with E-state index < -0.39 is 0 Å². The molecule has 0 radical (unpaired) electrons. The van der Waals surface area contributed by atoms with E-state index in [-0.39, 0.29) is 6.10 Å². The highest BCUT2D eigenvalue weighted by Crippen LogP contribution is 2.34. The number of benzene rings is 1. The number of hydrogen-bond donors (Lipinski definition) is 0. The molecule has 1 heterocycles. The number of para-hydroxylation sites is 1. The molecule has 0 bridgehead atoms. The minimum absolute atomic E-state index is 0.196. The van der Waals surface area contributed by atoms with Crippen molar-refractivity contribution in [1.29, 1.82) is 0 Å². The summed E-state index contributed by atoms with van der Waals surface area (Å²) in [6, 6.07) is 5.78. The van der Waals surface area contributed by atoms with Gasteiger partial charge in [-0.25, -0.2) is 0 Å². The van der Waals surface area contributed by atoms with Gasteiger partial charge in [0.15, 0.2) is 11.5 Å². The van der Waals surface area contributed by atoms with E-state index in [2.05, 4.69) is 0 Å². The largest absolute Gasteiger partial charge is 0.493 e. The van der Waals surface area contributed by atoms with Crippen LogP contribution in [0.1, 0.15) is 18.4 Å². The second kappa shape index (κ2) is 6.12. The molecule has 1 fully saturated rings. The predicted octanol–water partition coefficient (Wildman–Crippen LogP) is 2.99. The predicted molar refractivity (Wildman–Crippen MR) is 67.0 cm³/mol. The van der Waals surface area contributed by atoms with Crippen molar-refractivity contribution < 1.29 is 14.2 Å². The van der Waals surface area contributed by atoms with Crippen LogP contribution in [0.15, 0.2) is 18.2 Å². The molecule has 0 saturated carbocycles. The molecule has 0 aliphatic carbocycles. The molecule has 0 amide bonds. The zero-order valence-electron chi connectivity index (χ0n) is 9.95. The molecule has 0 N–H and O–H groups in total. The third kappa shape index (κ3) is 3.05. The molecule has 0 aromatic heterocycles. The zero-order valence-corrected chi connectivity index (χ0v) is 10.7. The lowest BCUT2D eigenvalue weighted by atomic mass is 10.1. The van der Waals surface area contributed by atoms with Crippen molar-refractivity contribution in [2.45, 2.75) is 24.8 Å². The topological polar surface area (TPSA) is 27.7 Å². The summed E-state index contributed by atoms with van der Waals surface area (Å²) in [7, 11) is 1.64. The van der Waals surface area contributed by atoms with Crippen LogP contribution in [0, 0.1) is 0 Å². The van der Waals surface area contributed by atoms with Gasteiger partial charge in [-0.15, -0.1) is 11.6 Å². The fourth-order valence-electron chi connectivity index (χ4n) is 1.92. The fourth-order valence-corrected chi connectivity index (χ4v) is 2.13. The molecule has 0 spiro atoms. The van der Waals surface area contributed by atoms with Gasteiger partial charge in [0.05, 0.1) is 26.2 Å². The molecule has 4 heteroatoms. The Labute approximate surface area is 107 Å². The summed E-state index contributed by atoms with van der Waals surface area (Å²) >= 11 is 5.92. The quantitative estimate of drug-likeness (QED) is 0.775. The first kappa shape index (κ1) is 12.5.